The molecule has 2 aromatic rings. The number of allylic oxidation sites excluding steroid dienone is 4. The summed E-state index contributed by atoms with van der Waals surface area (Å²) in [6.45, 7) is 1.50. The molecule has 0 fully saturated rings. The SMILES string of the molecule is Cc1ccc(C2C=CC(c3ccc(S(N)(=O)=O)c(F)c3)=CC2=S)cc1OC(F)(F)F. The lowest BCUT2D eigenvalue weighted by Crippen LogP contribution is -2.18. The van der Waals surface area contributed by atoms with E-state index < -0.39 is 33.0 Å². The van der Waals surface area contributed by atoms with Crippen molar-refractivity contribution in [1.29, 1.82) is 0 Å². The quantitative estimate of drug-likeness (QED) is 0.530. The maximum absolute atomic E-state index is 14.1. The molecule has 0 saturated carbocycles. The maximum Gasteiger partial charge on any atom is 0.573 e. The Bertz CT molecular complexity index is 1190. The molecule has 2 N–H and O–H groups in total. The van der Waals surface area contributed by atoms with E-state index in [4.69, 9.17) is 17.4 Å². The normalized spacial score (nSPS) is 17.1. The predicted molar refractivity (Wildman–Crippen MR) is 108 cm³/mol. The largest absolute Gasteiger partial charge is 0.573 e. The molecule has 158 valence electrons. The van der Waals surface area contributed by atoms with Gasteiger partial charge in [-0.05, 0) is 53.5 Å². The highest BCUT2D eigenvalue weighted by Gasteiger charge is 2.32. The van der Waals surface area contributed by atoms with Crippen LogP contribution in [0.3, 0.4) is 0 Å². The standard InChI is InChI=1S/C20H15F4NO3S2/c1-11-2-3-14(9-17(11)28-20(22,23)24)15-6-4-13(10-18(15)29)12-5-7-19(16(21)8-12)30(25,26)27/h2-10,15H,1H3,(H2,25,26,27). The van der Waals surface area contributed by atoms with Gasteiger partial charge in [-0.15, -0.1) is 13.2 Å². The van der Waals surface area contributed by atoms with E-state index in [9.17, 15) is 26.0 Å². The number of primary sulfonamides is 1. The van der Waals surface area contributed by atoms with Gasteiger partial charge in [-0.3, -0.25) is 0 Å². The van der Waals surface area contributed by atoms with Crippen molar-refractivity contribution in [2.75, 3.05) is 0 Å². The Balaban J connectivity index is 1.89. The fraction of sp³-hybridized carbons (Fsp3) is 0.150. The average molecular weight is 457 g/mol. The third kappa shape index (κ3) is 4.94. The van der Waals surface area contributed by atoms with Crippen LogP contribution in [0.4, 0.5) is 17.6 Å². The lowest BCUT2D eigenvalue weighted by molar-refractivity contribution is -0.274. The smallest absolute Gasteiger partial charge is 0.406 e. The first-order valence-electron chi connectivity index (χ1n) is 8.48. The van der Waals surface area contributed by atoms with Crippen molar-refractivity contribution in [3.05, 3.63) is 77.1 Å². The van der Waals surface area contributed by atoms with Crippen LogP contribution in [0.1, 0.15) is 22.6 Å². The fourth-order valence-electron chi connectivity index (χ4n) is 3.00. The van der Waals surface area contributed by atoms with Crippen molar-refractivity contribution in [2.45, 2.75) is 24.1 Å². The summed E-state index contributed by atoms with van der Waals surface area (Å²) in [5.74, 6) is -1.79. The third-order valence-electron chi connectivity index (χ3n) is 4.44. The Morgan fingerprint density at radius 2 is 1.83 bits per heavy atom. The van der Waals surface area contributed by atoms with Crippen LogP contribution in [0.5, 0.6) is 5.75 Å². The summed E-state index contributed by atoms with van der Waals surface area (Å²) in [5.41, 5.74) is 1.73. The Kier molecular flexibility index (Phi) is 5.85. The van der Waals surface area contributed by atoms with Crippen molar-refractivity contribution in [2.24, 2.45) is 5.14 Å². The average Bonchev–Trinajstić information content (AvgIpc) is 2.61. The molecule has 2 aromatic carbocycles. The molecule has 3 rings (SSSR count). The van der Waals surface area contributed by atoms with Crippen molar-refractivity contribution in [3.8, 4) is 5.75 Å². The van der Waals surface area contributed by atoms with Gasteiger partial charge >= 0.3 is 6.36 Å². The molecule has 0 heterocycles. The van der Waals surface area contributed by atoms with Crippen molar-refractivity contribution < 1.29 is 30.7 Å². The molecule has 0 spiro atoms. The second-order valence-electron chi connectivity index (χ2n) is 6.60. The topological polar surface area (TPSA) is 69.4 Å². The molecule has 0 bridgehead atoms. The number of benzene rings is 2. The maximum atomic E-state index is 14.1. The summed E-state index contributed by atoms with van der Waals surface area (Å²) in [7, 11) is -4.19. The summed E-state index contributed by atoms with van der Waals surface area (Å²) in [4.78, 5) is -0.228. The highest BCUT2D eigenvalue weighted by atomic mass is 32.2. The molecular weight excluding hydrogens is 442 g/mol. The Morgan fingerprint density at radius 3 is 2.40 bits per heavy atom. The molecule has 4 nitrogen and oxygen atoms in total. The van der Waals surface area contributed by atoms with Gasteiger partial charge in [0.2, 0.25) is 10.0 Å². The Labute approximate surface area is 175 Å². The first-order valence-corrected chi connectivity index (χ1v) is 10.4. The van der Waals surface area contributed by atoms with Crippen LogP contribution in [0.25, 0.3) is 5.57 Å². The highest BCUT2D eigenvalue weighted by molar-refractivity contribution is 7.89. The second-order valence-corrected chi connectivity index (χ2v) is 8.60. The van der Waals surface area contributed by atoms with Gasteiger partial charge in [0, 0.05) is 10.8 Å². The van der Waals surface area contributed by atoms with E-state index in [-0.39, 0.29) is 5.75 Å². The van der Waals surface area contributed by atoms with Crippen LogP contribution >= 0.6 is 12.2 Å². The van der Waals surface area contributed by atoms with Gasteiger partial charge in [0.15, 0.2) is 0 Å². The number of alkyl halides is 3. The van der Waals surface area contributed by atoms with E-state index in [1.54, 1.807) is 24.3 Å². The zero-order chi connectivity index (χ0) is 22.3. The summed E-state index contributed by atoms with van der Waals surface area (Å²) in [6.07, 6.45) is 0.0728. The number of ether oxygens (including phenoxy) is 1. The minimum Gasteiger partial charge on any atom is -0.406 e. The van der Waals surface area contributed by atoms with E-state index in [0.29, 0.717) is 27.1 Å². The zero-order valence-corrected chi connectivity index (χ0v) is 17.0. The van der Waals surface area contributed by atoms with Gasteiger partial charge < -0.3 is 4.74 Å². The monoisotopic (exact) mass is 457 g/mol. The Hall–Kier alpha value is -2.56. The summed E-state index contributed by atoms with van der Waals surface area (Å²) in [6, 6.07) is 7.92. The molecule has 0 aliphatic heterocycles. The third-order valence-corrected chi connectivity index (χ3v) is 5.76. The van der Waals surface area contributed by atoms with Gasteiger partial charge in [0.05, 0.1) is 0 Å². The van der Waals surface area contributed by atoms with Gasteiger partial charge in [0.25, 0.3) is 0 Å². The summed E-state index contributed by atoms with van der Waals surface area (Å²) < 4.78 is 78.6. The van der Waals surface area contributed by atoms with Crippen LogP contribution < -0.4 is 9.88 Å². The van der Waals surface area contributed by atoms with Crippen LogP contribution in [-0.4, -0.2) is 19.6 Å². The molecule has 0 radical (unpaired) electrons. The van der Waals surface area contributed by atoms with Crippen LogP contribution in [0.15, 0.2) is 59.5 Å². The molecule has 1 aliphatic rings. The van der Waals surface area contributed by atoms with Gasteiger partial charge in [-0.2, -0.15) is 0 Å². The summed E-state index contributed by atoms with van der Waals surface area (Å²) >= 11 is 5.39. The number of sulfonamides is 1. The predicted octanol–water partition coefficient (Wildman–Crippen LogP) is 4.79. The molecule has 0 aromatic heterocycles. The van der Waals surface area contributed by atoms with Crippen molar-refractivity contribution in [3.63, 3.8) is 0 Å². The highest BCUT2D eigenvalue weighted by Crippen LogP contribution is 2.34. The number of rotatable bonds is 4. The van der Waals surface area contributed by atoms with Crippen LogP contribution in [-0.2, 0) is 10.0 Å². The number of hydrogen-bond acceptors (Lipinski definition) is 4. The number of aryl methyl sites for hydroxylation is 1. The molecule has 0 saturated heterocycles. The fourth-order valence-corrected chi connectivity index (χ4v) is 3.93. The van der Waals surface area contributed by atoms with Crippen LogP contribution in [0.2, 0.25) is 0 Å². The lowest BCUT2D eigenvalue weighted by atomic mass is 9.87. The van der Waals surface area contributed by atoms with E-state index in [1.807, 2.05) is 0 Å². The van der Waals surface area contributed by atoms with Crippen molar-refractivity contribution in [1.82, 2.24) is 0 Å². The molecule has 1 atom stereocenters. The molecule has 0 amide bonds. The van der Waals surface area contributed by atoms with E-state index >= 15 is 0 Å². The van der Waals surface area contributed by atoms with Gasteiger partial charge in [0.1, 0.15) is 16.5 Å². The van der Waals surface area contributed by atoms with E-state index in [0.717, 1.165) is 12.1 Å². The first kappa shape index (κ1) is 22.1. The molecule has 10 heteroatoms. The zero-order valence-electron chi connectivity index (χ0n) is 15.4. The first-order chi connectivity index (χ1) is 13.8. The molecule has 1 unspecified atom stereocenters. The second kappa shape index (κ2) is 7.93. The minimum absolute atomic E-state index is 0.313. The molecule has 1 aliphatic carbocycles. The van der Waals surface area contributed by atoms with E-state index in [1.165, 1.54) is 25.1 Å². The minimum atomic E-state index is -4.81. The van der Waals surface area contributed by atoms with E-state index in [2.05, 4.69) is 4.74 Å². The number of thiocarbonyl (C=S) groups is 1. The number of hydrogen-bond donors (Lipinski definition) is 1. The van der Waals surface area contributed by atoms with Crippen LogP contribution in [0, 0.1) is 12.7 Å². The number of halogens is 4. The molecular formula is C20H15F4NO3S2. The lowest BCUT2D eigenvalue weighted by Gasteiger charge is -2.20. The number of nitrogens with two attached hydrogens (primary N) is 1. The van der Waals surface area contributed by atoms with Crippen molar-refractivity contribution >= 4 is 32.7 Å². The summed E-state index contributed by atoms with van der Waals surface area (Å²) in [5, 5.41) is 4.95. The Morgan fingerprint density at radius 1 is 1.13 bits per heavy atom. The van der Waals surface area contributed by atoms with Gasteiger partial charge in [-0.25, -0.2) is 17.9 Å². The van der Waals surface area contributed by atoms with Gasteiger partial charge in [-0.1, -0.05) is 42.6 Å². The molecule has 30 heavy (non-hydrogen) atoms.